The lowest BCUT2D eigenvalue weighted by molar-refractivity contribution is -0.144. The molecule has 39 heavy (non-hydrogen) atoms. The van der Waals surface area contributed by atoms with Gasteiger partial charge in [-0.05, 0) is 41.9 Å². The molecule has 2 rings (SSSR count). The Balaban J connectivity index is 0.000000396. The highest BCUT2D eigenvalue weighted by atomic mass is 32.2. The number of thioether (sulfide) groups is 1. The van der Waals surface area contributed by atoms with E-state index in [0.717, 1.165) is 49.2 Å². The number of carbonyl (C=O) groups excluding carboxylic acids is 2. The zero-order valence-electron chi connectivity index (χ0n) is 24.1. The number of ketones is 1. The Morgan fingerprint density at radius 1 is 1.08 bits per heavy atom. The van der Waals surface area contributed by atoms with E-state index in [-0.39, 0.29) is 24.1 Å². The number of aliphatic hydroxyl groups excluding tert-OH is 2. The van der Waals surface area contributed by atoms with Crippen molar-refractivity contribution in [1.82, 2.24) is 0 Å². The second kappa shape index (κ2) is 23.0. The molecule has 0 heterocycles. The van der Waals surface area contributed by atoms with Crippen LogP contribution in [0.2, 0.25) is 0 Å². The number of benzene rings is 1. The first kappa shape index (κ1) is 35.3. The van der Waals surface area contributed by atoms with Crippen LogP contribution in [0, 0.1) is 5.92 Å². The van der Waals surface area contributed by atoms with Crippen LogP contribution in [-0.4, -0.2) is 72.6 Å². The predicted octanol–water partition coefficient (Wildman–Crippen LogP) is 5.29. The van der Waals surface area contributed by atoms with E-state index in [1.54, 1.807) is 19.3 Å². The van der Waals surface area contributed by atoms with Gasteiger partial charge >= 0.3 is 5.97 Å². The molecule has 0 spiro atoms. The molecule has 222 valence electrons. The Morgan fingerprint density at radius 2 is 1.85 bits per heavy atom. The van der Waals surface area contributed by atoms with Crippen LogP contribution in [0.5, 0.6) is 0 Å². The molecule has 0 bridgehead atoms. The molecule has 1 aliphatic rings. The number of ether oxygens (including phenoxy) is 3. The third kappa shape index (κ3) is 18.3. The monoisotopic (exact) mass is 566 g/mol. The second-order valence-electron chi connectivity index (χ2n) is 9.84. The topological polar surface area (TPSA) is 102 Å². The van der Waals surface area contributed by atoms with Gasteiger partial charge in [0.2, 0.25) is 0 Å². The number of unbranched alkanes of at least 4 members (excludes halogenated alkanes) is 1. The zero-order valence-corrected chi connectivity index (χ0v) is 25.0. The quantitative estimate of drug-likeness (QED) is 0.132. The van der Waals surface area contributed by atoms with Gasteiger partial charge in [-0.2, -0.15) is 11.8 Å². The summed E-state index contributed by atoms with van der Waals surface area (Å²) in [5, 5.41) is 19.7. The fraction of sp³-hybridized carbons (Fsp3) is 0.677. The zero-order chi connectivity index (χ0) is 28.7. The van der Waals surface area contributed by atoms with Gasteiger partial charge in [0, 0.05) is 58.3 Å². The first-order valence-corrected chi connectivity index (χ1v) is 15.5. The van der Waals surface area contributed by atoms with Crippen molar-refractivity contribution in [3.63, 3.8) is 0 Å². The van der Waals surface area contributed by atoms with E-state index in [0.29, 0.717) is 39.1 Å². The molecule has 1 fully saturated rings. The van der Waals surface area contributed by atoms with Gasteiger partial charge in [-0.25, -0.2) is 0 Å². The summed E-state index contributed by atoms with van der Waals surface area (Å²) >= 11 is 1.91. The maximum Gasteiger partial charge on any atom is 0.305 e. The largest absolute Gasteiger partial charge is 0.466 e. The van der Waals surface area contributed by atoms with Crippen molar-refractivity contribution in [3.8, 4) is 0 Å². The van der Waals surface area contributed by atoms with Crippen molar-refractivity contribution in [2.24, 2.45) is 5.92 Å². The van der Waals surface area contributed by atoms with Gasteiger partial charge < -0.3 is 24.4 Å². The first-order chi connectivity index (χ1) is 18.9. The number of hydrogen-bond acceptors (Lipinski definition) is 8. The second-order valence-corrected chi connectivity index (χ2v) is 11.1. The van der Waals surface area contributed by atoms with Crippen LogP contribution in [-0.2, 0) is 36.8 Å². The van der Waals surface area contributed by atoms with Gasteiger partial charge in [-0.15, -0.1) is 0 Å². The molecule has 1 saturated carbocycles. The van der Waals surface area contributed by atoms with E-state index >= 15 is 0 Å². The highest BCUT2D eigenvalue weighted by Gasteiger charge is 2.29. The molecule has 0 aromatic heterocycles. The number of carbonyl (C=O) groups is 2. The summed E-state index contributed by atoms with van der Waals surface area (Å²) in [6, 6.07) is 7.90. The number of rotatable bonds is 19. The van der Waals surface area contributed by atoms with Gasteiger partial charge in [0.1, 0.15) is 5.78 Å². The summed E-state index contributed by atoms with van der Waals surface area (Å²) in [5.74, 6) is 2.10. The van der Waals surface area contributed by atoms with Gasteiger partial charge in [0.25, 0.3) is 0 Å². The number of Topliss-reactive ketones (excluding diaryl/α,β-unsaturated/α-hetero) is 1. The summed E-state index contributed by atoms with van der Waals surface area (Å²) in [6.07, 6.45) is 9.06. The number of aliphatic hydroxyl groups is 2. The molecule has 8 heteroatoms. The SMILES string of the molecule is CCCCOCCCOC(=O)CCCSCCC.COCc1cccc(C[C@H](O)/C=C/[C@@H]2CC(=O)C[C@H]2O)c1. The van der Waals surface area contributed by atoms with Crippen molar-refractivity contribution in [2.75, 3.05) is 38.4 Å². The molecule has 2 N–H and O–H groups in total. The molecule has 1 aromatic carbocycles. The summed E-state index contributed by atoms with van der Waals surface area (Å²) < 4.78 is 15.6. The molecule has 0 unspecified atom stereocenters. The minimum Gasteiger partial charge on any atom is -0.466 e. The molecule has 0 aliphatic heterocycles. The fourth-order valence-electron chi connectivity index (χ4n) is 3.99. The molecule has 0 saturated heterocycles. The van der Waals surface area contributed by atoms with Crippen molar-refractivity contribution >= 4 is 23.5 Å². The minimum absolute atomic E-state index is 0.0688. The maximum absolute atomic E-state index is 11.3. The Labute approximate surface area is 239 Å². The number of methoxy groups -OCH3 is 1. The van der Waals surface area contributed by atoms with Crippen LogP contribution in [0.4, 0.5) is 0 Å². The average Bonchev–Trinajstić information content (AvgIpc) is 3.24. The Morgan fingerprint density at radius 3 is 2.54 bits per heavy atom. The Kier molecular flexibility index (Phi) is 20.9. The summed E-state index contributed by atoms with van der Waals surface area (Å²) in [4.78, 5) is 22.6. The normalized spacial score (nSPS) is 17.7. The van der Waals surface area contributed by atoms with Gasteiger partial charge in [0.15, 0.2) is 0 Å². The van der Waals surface area contributed by atoms with Crippen LogP contribution in [0.1, 0.15) is 76.3 Å². The van der Waals surface area contributed by atoms with Gasteiger partial charge in [-0.3, -0.25) is 9.59 Å². The van der Waals surface area contributed by atoms with E-state index in [4.69, 9.17) is 14.2 Å². The van der Waals surface area contributed by atoms with Crippen molar-refractivity contribution in [3.05, 3.63) is 47.5 Å². The molecule has 1 aliphatic carbocycles. The molecule has 0 radical (unpaired) electrons. The van der Waals surface area contributed by atoms with Crippen molar-refractivity contribution < 1.29 is 34.0 Å². The van der Waals surface area contributed by atoms with E-state index in [9.17, 15) is 19.8 Å². The molecular formula is C31H50O7S. The lowest BCUT2D eigenvalue weighted by Gasteiger charge is -2.10. The predicted molar refractivity (Wildman–Crippen MR) is 158 cm³/mol. The fourth-order valence-corrected chi connectivity index (χ4v) is 4.83. The van der Waals surface area contributed by atoms with Crippen LogP contribution < -0.4 is 0 Å². The number of hydrogen-bond donors (Lipinski definition) is 2. The van der Waals surface area contributed by atoms with Crippen molar-refractivity contribution in [2.45, 2.75) is 90.4 Å². The van der Waals surface area contributed by atoms with E-state index < -0.39 is 12.2 Å². The summed E-state index contributed by atoms with van der Waals surface area (Å²) in [5.41, 5.74) is 2.10. The standard InChI is InChI=1S/C17H22O4.C14H28O3S/c1-21-11-13-4-2-3-12(7-13)8-15(18)6-5-14-9-16(19)10-17(14)20;1-3-5-9-16-10-7-11-17-14(15)8-6-13-18-12-4-2/h2-7,14-15,17-18,20H,8-11H2,1H3;3-13H2,1-2H3/b6-5+;/t14-,15-,17-;/m1./s1. The van der Waals surface area contributed by atoms with E-state index in [1.165, 1.54) is 12.2 Å². The first-order valence-electron chi connectivity index (χ1n) is 14.3. The lowest BCUT2D eigenvalue weighted by atomic mass is 10.0. The highest BCUT2D eigenvalue weighted by Crippen LogP contribution is 2.24. The third-order valence-corrected chi connectivity index (χ3v) is 7.35. The van der Waals surface area contributed by atoms with E-state index in [1.807, 2.05) is 36.0 Å². The molecular weight excluding hydrogens is 516 g/mol. The van der Waals surface area contributed by atoms with Crippen LogP contribution in [0.3, 0.4) is 0 Å². The molecule has 0 amide bonds. The summed E-state index contributed by atoms with van der Waals surface area (Å²) in [6.45, 7) is 6.87. The van der Waals surface area contributed by atoms with Crippen LogP contribution in [0.15, 0.2) is 36.4 Å². The molecule has 3 atom stereocenters. The smallest absolute Gasteiger partial charge is 0.305 e. The third-order valence-electron chi connectivity index (χ3n) is 6.08. The lowest BCUT2D eigenvalue weighted by Crippen LogP contribution is -2.12. The average molecular weight is 567 g/mol. The minimum atomic E-state index is -0.620. The highest BCUT2D eigenvalue weighted by molar-refractivity contribution is 7.99. The summed E-state index contributed by atoms with van der Waals surface area (Å²) in [7, 11) is 1.65. The Bertz CT molecular complexity index is 814. The molecule has 1 aromatic rings. The van der Waals surface area contributed by atoms with Gasteiger partial charge in [0.05, 0.1) is 25.4 Å². The molecule has 7 nitrogen and oxygen atoms in total. The maximum atomic E-state index is 11.3. The van der Waals surface area contributed by atoms with Crippen LogP contribution >= 0.6 is 11.8 Å². The van der Waals surface area contributed by atoms with Crippen LogP contribution in [0.25, 0.3) is 0 Å². The van der Waals surface area contributed by atoms with Gasteiger partial charge in [-0.1, -0.05) is 56.7 Å². The Hall–Kier alpha value is -1.71. The van der Waals surface area contributed by atoms with Crippen molar-refractivity contribution in [1.29, 1.82) is 0 Å². The van der Waals surface area contributed by atoms with E-state index in [2.05, 4.69) is 13.8 Å². The number of esters is 1.